The summed E-state index contributed by atoms with van der Waals surface area (Å²) in [5.41, 5.74) is 0. The van der Waals surface area contributed by atoms with Gasteiger partial charge in [0.1, 0.15) is 0 Å². The second kappa shape index (κ2) is 3.45. The van der Waals surface area contributed by atoms with Gasteiger partial charge in [-0.3, -0.25) is 4.79 Å². The first-order chi connectivity index (χ1) is 4.09. The third-order valence-electron chi connectivity index (χ3n) is 1.53. The number of carboxylic acids is 1. The molecule has 0 amide bonds. The molecule has 0 bridgehead atoms. The highest BCUT2D eigenvalue weighted by atomic mass is 16.4. The average Bonchev–Trinajstić information content (AvgIpc) is 1.84. The van der Waals surface area contributed by atoms with Crippen LogP contribution in [0.25, 0.3) is 0 Å². The maximum atomic E-state index is 10.2. The van der Waals surface area contributed by atoms with E-state index in [4.69, 9.17) is 10.2 Å². The van der Waals surface area contributed by atoms with Crippen molar-refractivity contribution in [2.75, 3.05) is 6.61 Å². The molecule has 0 heterocycles. The van der Waals surface area contributed by atoms with E-state index in [2.05, 4.69) is 0 Å². The van der Waals surface area contributed by atoms with Gasteiger partial charge in [-0.1, -0.05) is 13.8 Å². The number of hydrogen-bond acceptors (Lipinski definition) is 2. The fourth-order valence-corrected chi connectivity index (χ4v) is 0.402. The van der Waals surface area contributed by atoms with Crippen molar-refractivity contribution in [1.29, 1.82) is 0 Å². The first kappa shape index (κ1) is 8.43. The highest BCUT2D eigenvalue weighted by Crippen LogP contribution is 2.08. The molecule has 2 atom stereocenters. The van der Waals surface area contributed by atoms with Crippen LogP contribution >= 0.6 is 0 Å². The number of aliphatic hydroxyl groups is 1. The quantitative estimate of drug-likeness (QED) is 0.582. The predicted molar refractivity (Wildman–Crippen MR) is 33.0 cm³/mol. The maximum Gasteiger partial charge on any atom is 0.306 e. The Bertz CT molecular complexity index is 100. The molecule has 1 unspecified atom stereocenters. The number of carbonyl (C=O) groups is 1. The summed E-state index contributed by atoms with van der Waals surface area (Å²) in [7, 11) is 0. The summed E-state index contributed by atoms with van der Waals surface area (Å²) in [6, 6.07) is 0. The number of aliphatic carboxylic acids is 1. The van der Waals surface area contributed by atoms with Gasteiger partial charge in [0, 0.05) is 6.61 Å². The molecule has 0 rings (SSSR count). The van der Waals surface area contributed by atoms with Gasteiger partial charge in [-0.05, 0) is 5.92 Å². The fourth-order valence-electron chi connectivity index (χ4n) is 0.402. The van der Waals surface area contributed by atoms with Gasteiger partial charge in [-0.15, -0.1) is 0 Å². The molecule has 0 aromatic carbocycles. The molecule has 0 radical (unpaired) electrons. The summed E-state index contributed by atoms with van der Waals surface area (Å²) in [6.07, 6.45) is 0. The van der Waals surface area contributed by atoms with Crippen LogP contribution in [0.2, 0.25) is 0 Å². The summed E-state index contributed by atoms with van der Waals surface area (Å²) in [6.45, 7) is 3.23. The van der Waals surface area contributed by atoms with E-state index in [9.17, 15) is 4.79 Å². The maximum absolute atomic E-state index is 10.2. The van der Waals surface area contributed by atoms with E-state index in [1.165, 1.54) is 0 Å². The molecule has 3 heteroatoms. The topological polar surface area (TPSA) is 57.5 Å². The predicted octanol–water partition coefficient (Wildman–Crippen LogP) is 0.335. The molecule has 0 spiro atoms. The number of aliphatic hydroxyl groups excluding tert-OH is 1. The van der Waals surface area contributed by atoms with Crippen molar-refractivity contribution < 1.29 is 15.0 Å². The molecule has 0 fully saturated rings. The van der Waals surface area contributed by atoms with Gasteiger partial charge >= 0.3 is 5.97 Å². The zero-order chi connectivity index (χ0) is 7.44. The molecular weight excluding hydrogens is 120 g/mol. The van der Waals surface area contributed by atoms with E-state index in [0.717, 1.165) is 0 Å². The van der Waals surface area contributed by atoms with Crippen LogP contribution in [0.1, 0.15) is 13.8 Å². The van der Waals surface area contributed by atoms with E-state index in [1.54, 1.807) is 13.8 Å². The van der Waals surface area contributed by atoms with Gasteiger partial charge in [0.25, 0.3) is 0 Å². The highest BCUT2D eigenvalue weighted by molar-refractivity contribution is 5.69. The van der Waals surface area contributed by atoms with Gasteiger partial charge in [-0.25, -0.2) is 0 Å². The molecule has 0 saturated carbocycles. The normalized spacial score (nSPS) is 16.8. The highest BCUT2D eigenvalue weighted by Gasteiger charge is 2.17. The minimum Gasteiger partial charge on any atom is -0.481 e. The SMILES string of the molecule is CC(C(=O)O)[C@H](C)CO. The van der Waals surface area contributed by atoms with Gasteiger partial charge < -0.3 is 10.2 Å². The lowest BCUT2D eigenvalue weighted by Gasteiger charge is -2.11. The lowest BCUT2D eigenvalue weighted by atomic mass is 9.97. The van der Waals surface area contributed by atoms with E-state index in [1.807, 2.05) is 0 Å². The summed E-state index contributed by atoms with van der Waals surface area (Å²) in [4.78, 5) is 10.2. The Kier molecular flexibility index (Phi) is 3.24. The Morgan fingerprint density at radius 2 is 2.00 bits per heavy atom. The average molecular weight is 132 g/mol. The van der Waals surface area contributed by atoms with Crippen LogP contribution in [0.5, 0.6) is 0 Å². The minimum absolute atomic E-state index is 0.0620. The van der Waals surface area contributed by atoms with Crippen LogP contribution in [0.4, 0.5) is 0 Å². The van der Waals surface area contributed by atoms with Gasteiger partial charge in [-0.2, -0.15) is 0 Å². The van der Waals surface area contributed by atoms with Crippen molar-refractivity contribution in [3.8, 4) is 0 Å². The lowest BCUT2D eigenvalue weighted by Crippen LogP contribution is -2.20. The summed E-state index contributed by atoms with van der Waals surface area (Å²) < 4.78 is 0. The number of hydrogen-bond donors (Lipinski definition) is 2. The Morgan fingerprint density at radius 1 is 1.56 bits per heavy atom. The Labute approximate surface area is 54.3 Å². The van der Waals surface area contributed by atoms with Crippen molar-refractivity contribution in [2.24, 2.45) is 11.8 Å². The smallest absolute Gasteiger partial charge is 0.306 e. The van der Waals surface area contributed by atoms with Gasteiger partial charge in [0.05, 0.1) is 5.92 Å². The van der Waals surface area contributed by atoms with E-state index in [0.29, 0.717) is 0 Å². The molecular formula is C6H12O3. The van der Waals surface area contributed by atoms with E-state index >= 15 is 0 Å². The van der Waals surface area contributed by atoms with Crippen LogP contribution in [0, 0.1) is 11.8 Å². The van der Waals surface area contributed by atoms with Crippen LogP contribution in [0.15, 0.2) is 0 Å². The Hall–Kier alpha value is -0.570. The second-order valence-corrected chi connectivity index (χ2v) is 2.29. The molecule has 9 heavy (non-hydrogen) atoms. The standard InChI is InChI=1S/C6H12O3/c1-4(3-7)5(2)6(8)9/h4-5,7H,3H2,1-2H3,(H,8,9)/t4-,5?/m1/s1. The zero-order valence-electron chi connectivity index (χ0n) is 5.66. The molecule has 0 aliphatic rings. The van der Waals surface area contributed by atoms with Gasteiger partial charge in [0.15, 0.2) is 0 Å². The Morgan fingerprint density at radius 3 is 2.11 bits per heavy atom. The first-order valence-electron chi connectivity index (χ1n) is 2.93. The second-order valence-electron chi connectivity index (χ2n) is 2.29. The summed E-state index contributed by atoms with van der Waals surface area (Å²) in [5, 5.41) is 16.9. The molecule has 54 valence electrons. The molecule has 0 aliphatic heterocycles. The largest absolute Gasteiger partial charge is 0.481 e. The first-order valence-corrected chi connectivity index (χ1v) is 2.93. The van der Waals surface area contributed by atoms with Crippen LogP contribution < -0.4 is 0 Å². The van der Waals surface area contributed by atoms with Crippen LogP contribution in [-0.2, 0) is 4.79 Å². The van der Waals surface area contributed by atoms with Crippen molar-refractivity contribution in [3.63, 3.8) is 0 Å². The summed E-state index contributed by atoms with van der Waals surface area (Å²) in [5.74, 6) is -1.45. The molecule has 2 N–H and O–H groups in total. The zero-order valence-corrected chi connectivity index (χ0v) is 5.66. The van der Waals surface area contributed by atoms with Crippen LogP contribution in [0.3, 0.4) is 0 Å². The van der Waals surface area contributed by atoms with Gasteiger partial charge in [0.2, 0.25) is 0 Å². The lowest BCUT2D eigenvalue weighted by molar-refractivity contribution is -0.143. The molecule has 0 aromatic rings. The molecule has 0 aromatic heterocycles. The van der Waals surface area contributed by atoms with Crippen molar-refractivity contribution in [2.45, 2.75) is 13.8 Å². The van der Waals surface area contributed by atoms with E-state index < -0.39 is 11.9 Å². The van der Waals surface area contributed by atoms with Crippen molar-refractivity contribution in [3.05, 3.63) is 0 Å². The molecule has 3 nitrogen and oxygen atoms in total. The number of carboxylic acid groups (broad SMARTS) is 1. The fraction of sp³-hybridized carbons (Fsp3) is 0.833. The molecule has 0 saturated heterocycles. The third kappa shape index (κ3) is 2.46. The monoisotopic (exact) mass is 132 g/mol. The van der Waals surface area contributed by atoms with Crippen molar-refractivity contribution in [1.82, 2.24) is 0 Å². The minimum atomic E-state index is -0.850. The van der Waals surface area contributed by atoms with E-state index in [-0.39, 0.29) is 12.5 Å². The van der Waals surface area contributed by atoms with Crippen molar-refractivity contribution >= 4 is 5.97 Å². The summed E-state index contributed by atoms with van der Waals surface area (Å²) >= 11 is 0. The van der Waals surface area contributed by atoms with Crippen LogP contribution in [-0.4, -0.2) is 22.8 Å². The Balaban J connectivity index is 3.72. The molecule has 0 aliphatic carbocycles. The number of rotatable bonds is 3. The third-order valence-corrected chi connectivity index (χ3v) is 1.53.